The van der Waals surface area contributed by atoms with Crippen LogP contribution in [0.1, 0.15) is 52.9 Å². The van der Waals surface area contributed by atoms with E-state index in [0.717, 1.165) is 25.7 Å². The molecule has 0 aromatic carbocycles. The van der Waals surface area contributed by atoms with Gasteiger partial charge in [0.05, 0.1) is 18.2 Å². The van der Waals surface area contributed by atoms with Gasteiger partial charge in [0.25, 0.3) is 0 Å². The van der Waals surface area contributed by atoms with E-state index in [0.29, 0.717) is 5.92 Å². The van der Waals surface area contributed by atoms with Gasteiger partial charge in [-0.2, -0.15) is 0 Å². The van der Waals surface area contributed by atoms with Crippen molar-refractivity contribution in [1.82, 2.24) is 5.32 Å². The number of amides is 1. The summed E-state index contributed by atoms with van der Waals surface area (Å²) in [6.07, 6.45) is 4.82. The molecule has 106 valence electrons. The van der Waals surface area contributed by atoms with Gasteiger partial charge >= 0.3 is 0 Å². The second kappa shape index (κ2) is 6.53. The Kier molecular flexibility index (Phi) is 5.60. The molecule has 0 aromatic rings. The fourth-order valence-electron chi connectivity index (χ4n) is 2.81. The van der Waals surface area contributed by atoms with E-state index in [2.05, 4.69) is 12.2 Å². The normalized spacial score (nSPS) is 31.7. The first-order valence-electron chi connectivity index (χ1n) is 7.12. The van der Waals surface area contributed by atoms with Crippen LogP contribution in [0.5, 0.6) is 0 Å². The first kappa shape index (κ1) is 15.4. The SMILES string of the molecule is CC[C@H](C)[C@H](N)C(=O)NC1(CO)CCCC(C)C1. The molecule has 4 atom stereocenters. The zero-order chi connectivity index (χ0) is 13.8. The summed E-state index contributed by atoms with van der Waals surface area (Å²) in [7, 11) is 0. The number of carbonyl (C=O) groups is 1. The van der Waals surface area contributed by atoms with Crippen LogP contribution in [0, 0.1) is 11.8 Å². The van der Waals surface area contributed by atoms with Gasteiger partial charge in [0.15, 0.2) is 0 Å². The van der Waals surface area contributed by atoms with Crippen molar-refractivity contribution in [3.05, 3.63) is 0 Å². The van der Waals surface area contributed by atoms with Crippen LogP contribution in [0.2, 0.25) is 0 Å². The van der Waals surface area contributed by atoms with Crippen LogP contribution >= 0.6 is 0 Å². The molecule has 0 spiro atoms. The third-order valence-electron chi connectivity index (χ3n) is 4.34. The number of hydrogen-bond acceptors (Lipinski definition) is 3. The Hall–Kier alpha value is -0.610. The summed E-state index contributed by atoms with van der Waals surface area (Å²) in [5.74, 6) is 0.597. The molecule has 1 aliphatic rings. The van der Waals surface area contributed by atoms with Crippen molar-refractivity contribution in [1.29, 1.82) is 0 Å². The van der Waals surface area contributed by atoms with E-state index in [9.17, 15) is 9.90 Å². The quantitative estimate of drug-likeness (QED) is 0.696. The topological polar surface area (TPSA) is 75.4 Å². The first-order valence-corrected chi connectivity index (χ1v) is 7.12. The molecule has 4 nitrogen and oxygen atoms in total. The average molecular weight is 256 g/mol. The van der Waals surface area contributed by atoms with Gasteiger partial charge < -0.3 is 16.2 Å². The van der Waals surface area contributed by atoms with E-state index in [4.69, 9.17) is 5.73 Å². The summed E-state index contributed by atoms with van der Waals surface area (Å²) in [5.41, 5.74) is 5.50. The maximum absolute atomic E-state index is 12.1. The Morgan fingerprint density at radius 1 is 1.61 bits per heavy atom. The predicted molar refractivity (Wildman–Crippen MR) is 73.0 cm³/mol. The molecule has 4 heteroatoms. The molecule has 1 fully saturated rings. The summed E-state index contributed by atoms with van der Waals surface area (Å²) in [6, 6.07) is -0.476. The molecule has 4 N–H and O–H groups in total. The van der Waals surface area contributed by atoms with Crippen LogP contribution < -0.4 is 11.1 Å². The number of nitrogens with one attached hydrogen (secondary N) is 1. The van der Waals surface area contributed by atoms with Gasteiger partial charge in [-0.05, 0) is 24.7 Å². The zero-order valence-corrected chi connectivity index (χ0v) is 11.9. The fraction of sp³-hybridized carbons (Fsp3) is 0.929. The molecule has 1 saturated carbocycles. The van der Waals surface area contributed by atoms with Crippen LogP contribution in [0.25, 0.3) is 0 Å². The molecule has 2 unspecified atom stereocenters. The van der Waals surface area contributed by atoms with E-state index < -0.39 is 11.6 Å². The van der Waals surface area contributed by atoms with Crippen molar-refractivity contribution in [3.8, 4) is 0 Å². The monoisotopic (exact) mass is 256 g/mol. The summed E-state index contributed by atoms with van der Waals surface area (Å²) in [5, 5.41) is 12.6. The lowest BCUT2D eigenvalue weighted by molar-refractivity contribution is -0.126. The minimum Gasteiger partial charge on any atom is -0.394 e. The lowest BCUT2D eigenvalue weighted by atomic mass is 9.76. The van der Waals surface area contributed by atoms with Crippen LogP contribution in [0.4, 0.5) is 0 Å². The summed E-state index contributed by atoms with van der Waals surface area (Å²) < 4.78 is 0. The molecular weight excluding hydrogens is 228 g/mol. The molecule has 0 heterocycles. The highest BCUT2D eigenvalue weighted by Gasteiger charge is 2.37. The van der Waals surface area contributed by atoms with Crippen molar-refractivity contribution in [2.45, 2.75) is 64.5 Å². The van der Waals surface area contributed by atoms with Gasteiger partial charge in [-0.25, -0.2) is 0 Å². The van der Waals surface area contributed by atoms with Gasteiger partial charge in [0.1, 0.15) is 0 Å². The molecule has 0 aliphatic heterocycles. The lowest BCUT2D eigenvalue weighted by Crippen LogP contribution is -2.58. The fourth-order valence-corrected chi connectivity index (χ4v) is 2.81. The van der Waals surface area contributed by atoms with E-state index >= 15 is 0 Å². The molecule has 0 saturated heterocycles. The number of hydrogen-bond donors (Lipinski definition) is 3. The minimum atomic E-state index is -0.476. The maximum Gasteiger partial charge on any atom is 0.237 e. The van der Waals surface area contributed by atoms with Crippen LogP contribution in [-0.2, 0) is 4.79 Å². The molecule has 1 rings (SSSR count). The lowest BCUT2D eigenvalue weighted by Gasteiger charge is -2.40. The van der Waals surface area contributed by atoms with Gasteiger partial charge in [0, 0.05) is 0 Å². The highest BCUT2D eigenvalue weighted by atomic mass is 16.3. The van der Waals surface area contributed by atoms with Crippen molar-refractivity contribution in [2.75, 3.05) is 6.61 Å². The highest BCUT2D eigenvalue weighted by molar-refractivity contribution is 5.82. The van der Waals surface area contributed by atoms with Crippen LogP contribution in [0.15, 0.2) is 0 Å². The molecule has 0 aromatic heterocycles. The van der Waals surface area contributed by atoms with Crippen LogP contribution in [0.3, 0.4) is 0 Å². The molecular formula is C14H28N2O2. The van der Waals surface area contributed by atoms with Gasteiger partial charge in [-0.1, -0.05) is 40.0 Å². The van der Waals surface area contributed by atoms with E-state index in [-0.39, 0.29) is 18.4 Å². The average Bonchev–Trinajstić information content (AvgIpc) is 2.36. The molecule has 1 aliphatic carbocycles. The number of carbonyl (C=O) groups excluding carboxylic acids is 1. The highest BCUT2D eigenvalue weighted by Crippen LogP contribution is 2.32. The van der Waals surface area contributed by atoms with Gasteiger partial charge in [-0.15, -0.1) is 0 Å². The molecule has 0 bridgehead atoms. The van der Waals surface area contributed by atoms with Crippen molar-refractivity contribution in [2.24, 2.45) is 17.6 Å². The first-order chi connectivity index (χ1) is 8.44. The van der Waals surface area contributed by atoms with Crippen molar-refractivity contribution in [3.63, 3.8) is 0 Å². The van der Waals surface area contributed by atoms with Crippen molar-refractivity contribution >= 4 is 5.91 Å². The largest absolute Gasteiger partial charge is 0.394 e. The summed E-state index contributed by atoms with van der Waals surface area (Å²) >= 11 is 0. The molecule has 1 amide bonds. The van der Waals surface area contributed by atoms with E-state index in [1.165, 1.54) is 6.42 Å². The molecule has 0 radical (unpaired) electrons. The third kappa shape index (κ3) is 3.69. The zero-order valence-electron chi connectivity index (χ0n) is 11.9. The third-order valence-corrected chi connectivity index (χ3v) is 4.34. The van der Waals surface area contributed by atoms with Gasteiger partial charge in [0.2, 0.25) is 5.91 Å². The Balaban J connectivity index is 2.65. The molecule has 18 heavy (non-hydrogen) atoms. The smallest absolute Gasteiger partial charge is 0.237 e. The minimum absolute atomic E-state index is 0.0102. The Morgan fingerprint density at radius 2 is 2.28 bits per heavy atom. The second-order valence-electron chi connectivity index (χ2n) is 6.04. The number of aliphatic hydroxyl groups excluding tert-OH is 1. The number of nitrogens with two attached hydrogens (primary N) is 1. The Labute approximate surface area is 110 Å². The summed E-state index contributed by atoms with van der Waals surface area (Å²) in [6.45, 7) is 6.20. The Morgan fingerprint density at radius 3 is 2.78 bits per heavy atom. The number of aliphatic hydroxyl groups is 1. The van der Waals surface area contributed by atoms with Gasteiger partial charge in [-0.3, -0.25) is 4.79 Å². The van der Waals surface area contributed by atoms with Crippen molar-refractivity contribution < 1.29 is 9.90 Å². The van der Waals surface area contributed by atoms with Crippen LogP contribution in [-0.4, -0.2) is 29.2 Å². The standard InChI is InChI=1S/C14H28N2O2/c1-4-11(3)12(15)13(18)16-14(9-17)7-5-6-10(2)8-14/h10-12,17H,4-9,15H2,1-3H3,(H,16,18)/t10?,11-,12-,14?/m0/s1. The second-order valence-corrected chi connectivity index (χ2v) is 6.04. The predicted octanol–water partition coefficient (Wildman–Crippen LogP) is 1.42. The van der Waals surface area contributed by atoms with E-state index in [1.807, 2.05) is 13.8 Å². The maximum atomic E-state index is 12.1. The number of rotatable bonds is 5. The summed E-state index contributed by atoms with van der Waals surface area (Å²) in [4.78, 5) is 12.1. The Bertz CT molecular complexity index is 283. The van der Waals surface area contributed by atoms with E-state index in [1.54, 1.807) is 0 Å².